The Bertz CT molecular complexity index is 340. The number of hydrogen-bond donors (Lipinski definition) is 1. The van der Waals surface area contributed by atoms with Crippen LogP contribution >= 0.6 is 0 Å². The molecule has 14 heavy (non-hydrogen) atoms. The van der Waals surface area contributed by atoms with Crippen LogP contribution in [0, 0.1) is 5.82 Å². The van der Waals surface area contributed by atoms with Crippen molar-refractivity contribution >= 4 is 0 Å². The molecule has 1 spiro atoms. The van der Waals surface area contributed by atoms with E-state index in [0.29, 0.717) is 11.5 Å². The van der Waals surface area contributed by atoms with Crippen LogP contribution in [0.3, 0.4) is 0 Å². The van der Waals surface area contributed by atoms with E-state index in [2.05, 4.69) is 5.32 Å². The highest BCUT2D eigenvalue weighted by atomic mass is 19.1. The lowest BCUT2D eigenvalue weighted by molar-refractivity contribution is 0.594. The number of benzene rings is 1. The first-order valence-corrected chi connectivity index (χ1v) is 5.28. The predicted octanol–water partition coefficient (Wildman–Crippen LogP) is 2.44. The van der Waals surface area contributed by atoms with Crippen LogP contribution in [0.2, 0.25) is 0 Å². The van der Waals surface area contributed by atoms with E-state index >= 15 is 0 Å². The van der Waals surface area contributed by atoms with Crippen LogP contribution < -0.4 is 5.32 Å². The van der Waals surface area contributed by atoms with E-state index in [1.165, 1.54) is 24.8 Å². The van der Waals surface area contributed by atoms with Crippen LogP contribution in [0.4, 0.5) is 4.39 Å². The largest absolute Gasteiger partial charge is 0.311 e. The van der Waals surface area contributed by atoms with Crippen LogP contribution in [-0.4, -0.2) is 12.1 Å². The first-order valence-electron chi connectivity index (χ1n) is 5.28. The molecule has 0 bridgehead atoms. The van der Waals surface area contributed by atoms with Gasteiger partial charge < -0.3 is 5.32 Å². The summed E-state index contributed by atoms with van der Waals surface area (Å²) in [5.41, 5.74) is 1.75. The minimum Gasteiger partial charge on any atom is -0.311 e. The maximum Gasteiger partial charge on any atom is 0.123 e. The third-order valence-electron chi connectivity index (χ3n) is 3.56. The topological polar surface area (TPSA) is 12.0 Å². The lowest BCUT2D eigenvalue weighted by Crippen LogP contribution is -2.22. The first-order chi connectivity index (χ1) is 6.77. The molecular formula is C12H14FN. The van der Waals surface area contributed by atoms with Crippen molar-refractivity contribution in [3.05, 3.63) is 35.6 Å². The molecule has 1 aromatic carbocycles. The second-order valence-electron chi connectivity index (χ2n) is 4.61. The SMILES string of the molecule is Fc1ccc(C2CNC3(CC3)C2)cc1. The molecule has 1 aliphatic heterocycles. The highest BCUT2D eigenvalue weighted by Gasteiger charge is 2.48. The van der Waals surface area contributed by atoms with Gasteiger partial charge in [-0.3, -0.25) is 0 Å². The minimum atomic E-state index is -0.138. The number of hydrogen-bond acceptors (Lipinski definition) is 1. The van der Waals surface area contributed by atoms with Gasteiger partial charge in [0.2, 0.25) is 0 Å². The summed E-state index contributed by atoms with van der Waals surface area (Å²) >= 11 is 0. The minimum absolute atomic E-state index is 0.138. The van der Waals surface area contributed by atoms with Crippen molar-refractivity contribution in [3.8, 4) is 0 Å². The zero-order valence-corrected chi connectivity index (χ0v) is 8.09. The van der Waals surface area contributed by atoms with E-state index in [1.807, 2.05) is 12.1 Å². The molecule has 1 N–H and O–H groups in total. The van der Waals surface area contributed by atoms with Crippen molar-refractivity contribution in [3.63, 3.8) is 0 Å². The summed E-state index contributed by atoms with van der Waals surface area (Å²) in [6.45, 7) is 1.06. The molecule has 1 aromatic rings. The molecule has 1 atom stereocenters. The molecule has 1 unspecified atom stereocenters. The van der Waals surface area contributed by atoms with E-state index in [9.17, 15) is 4.39 Å². The zero-order chi connectivity index (χ0) is 9.60. The van der Waals surface area contributed by atoms with Gasteiger partial charge in [0.25, 0.3) is 0 Å². The van der Waals surface area contributed by atoms with Crippen molar-refractivity contribution < 1.29 is 4.39 Å². The Hall–Kier alpha value is -0.890. The molecule has 1 saturated carbocycles. The van der Waals surface area contributed by atoms with Crippen LogP contribution in [-0.2, 0) is 0 Å². The average Bonchev–Trinajstić information content (AvgIpc) is 2.79. The van der Waals surface area contributed by atoms with E-state index in [-0.39, 0.29) is 5.82 Å². The molecule has 3 rings (SSSR count). The van der Waals surface area contributed by atoms with Gasteiger partial charge in [-0.1, -0.05) is 12.1 Å². The normalized spacial score (nSPS) is 28.2. The van der Waals surface area contributed by atoms with Crippen molar-refractivity contribution in [1.82, 2.24) is 5.32 Å². The van der Waals surface area contributed by atoms with Crippen molar-refractivity contribution in [1.29, 1.82) is 0 Å². The second kappa shape index (κ2) is 2.80. The number of nitrogens with one attached hydrogen (secondary N) is 1. The van der Waals surface area contributed by atoms with Gasteiger partial charge in [0, 0.05) is 12.1 Å². The monoisotopic (exact) mass is 191 g/mol. The van der Waals surface area contributed by atoms with Crippen molar-refractivity contribution in [2.24, 2.45) is 0 Å². The van der Waals surface area contributed by atoms with E-state index in [0.717, 1.165) is 6.54 Å². The van der Waals surface area contributed by atoms with Crippen molar-refractivity contribution in [2.45, 2.75) is 30.7 Å². The number of halogens is 1. The molecule has 2 fully saturated rings. The van der Waals surface area contributed by atoms with Gasteiger partial charge in [0.05, 0.1) is 0 Å². The summed E-state index contributed by atoms with van der Waals surface area (Å²) in [7, 11) is 0. The Morgan fingerprint density at radius 2 is 1.93 bits per heavy atom. The number of rotatable bonds is 1. The Kier molecular flexibility index (Phi) is 1.68. The molecule has 1 heterocycles. The highest BCUT2D eigenvalue weighted by molar-refractivity contribution is 5.25. The fourth-order valence-corrected chi connectivity index (χ4v) is 2.46. The van der Waals surface area contributed by atoms with Crippen LogP contribution in [0.5, 0.6) is 0 Å². The summed E-state index contributed by atoms with van der Waals surface area (Å²) in [6, 6.07) is 6.96. The fourth-order valence-electron chi connectivity index (χ4n) is 2.46. The quantitative estimate of drug-likeness (QED) is 0.719. The Morgan fingerprint density at radius 1 is 1.21 bits per heavy atom. The fraction of sp³-hybridized carbons (Fsp3) is 0.500. The first kappa shape index (κ1) is 8.42. The van der Waals surface area contributed by atoms with Gasteiger partial charge >= 0.3 is 0 Å². The smallest absolute Gasteiger partial charge is 0.123 e. The third-order valence-corrected chi connectivity index (χ3v) is 3.56. The molecule has 0 radical (unpaired) electrons. The maximum atomic E-state index is 12.7. The Balaban J connectivity index is 1.79. The van der Waals surface area contributed by atoms with Crippen LogP contribution in [0.1, 0.15) is 30.7 Å². The molecule has 0 aromatic heterocycles. The molecule has 1 aliphatic carbocycles. The lowest BCUT2D eigenvalue weighted by Gasteiger charge is -2.08. The van der Waals surface area contributed by atoms with Crippen LogP contribution in [0.15, 0.2) is 24.3 Å². The molecule has 2 heteroatoms. The summed E-state index contributed by atoms with van der Waals surface area (Å²) in [5, 5.41) is 3.58. The molecule has 2 aliphatic rings. The predicted molar refractivity (Wildman–Crippen MR) is 53.7 cm³/mol. The average molecular weight is 191 g/mol. The van der Waals surface area contributed by atoms with Gasteiger partial charge in [-0.05, 0) is 42.9 Å². The van der Waals surface area contributed by atoms with Gasteiger partial charge in [0.15, 0.2) is 0 Å². The summed E-state index contributed by atoms with van der Waals surface area (Å²) in [5.74, 6) is 0.457. The molecule has 0 amide bonds. The van der Waals surface area contributed by atoms with Gasteiger partial charge in [0.1, 0.15) is 5.82 Å². The van der Waals surface area contributed by atoms with E-state index in [1.54, 1.807) is 12.1 Å². The maximum absolute atomic E-state index is 12.7. The van der Waals surface area contributed by atoms with E-state index in [4.69, 9.17) is 0 Å². The van der Waals surface area contributed by atoms with Gasteiger partial charge in [-0.25, -0.2) is 4.39 Å². The standard InChI is InChI=1S/C12H14FN/c13-11-3-1-9(2-4-11)10-7-12(5-6-12)14-8-10/h1-4,10,14H,5-8H2. The summed E-state index contributed by atoms with van der Waals surface area (Å²) in [4.78, 5) is 0. The molecule has 1 saturated heterocycles. The highest BCUT2D eigenvalue weighted by Crippen LogP contribution is 2.47. The van der Waals surface area contributed by atoms with E-state index < -0.39 is 0 Å². The lowest BCUT2D eigenvalue weighted by atomic mass is 9.95. The van der Waals surface area contributed by atoms with Gasteiger partial charge in [-0.2, -0.15) is 0 Å². The van der Waals surface area contributed by atoms with Crippen molar-refractivity contribution in [2.75, 3.05) is 6.54 Å². The summed E-state index contributed by atoms with van der Waals surface area (Å²) in [6.07, 6.45) is 3.88. The molecular weight excluding hydrogens is 177 g/mol. The molecule has 74 valence electrons. The van der Waals surface area contributed by atoms with Crippen LogP contribution in [0.25, 0.3) is 0 Å². The zero-order valence-electron chi connectivity index (χ0n) is 8.09. The van der Waals surface area contributed by atoms with Gasteiger partial charge in [-0.15, -0.1) is 0 Å². The summed E-state index contributed by atoms with van der Waals surface area (Å²) < 4.78 is 12.7. The second-order valence-corrected chi connectivity index (χ2v) is 4.61. The Morgan fingerprint density at radius 3 is 2.50 bits per heavy atom. The Labute approximate surface area is 83.3 Å². The molecule has 1 nitrogen and oxygen atoms in total. The third kappa shape index (κ3) is 1.34.